The largest absolute Gasteiger partial charge is 0.481 e. The molecule has 1 rings (SSSR count). The van der Waals surface area contributed by atoms with Crippen LogP contribution in [0.4, 0.5) is 0 Å². The zero-order chi connectivity index (χ0) is 23.9. The van der Waals surface area contributed by atoms with E-state index in [0.29, 0.717) is 6.42 Å². The Bertz CT molecular complexity index is 696. The molecule has 12 nitrogen and oxygen atoms in total. The summed E-state index contributed by atoms with van der Waals surface area (Å²) in [6.07, 6.45) is -1.07. The first-order valence-electron chi connectivity index (χ1n) is 10.2. The van der Waals surface area contributed by atoms with E-state index in [9.17, 15) is 34.2 Å². The minimum Gasteiger partial charge on any atom is -0.481 e. The first kappa shape index (κ1) is 26.3. The molecule has 0 aromatic rings. The van der Waals surface area contributed by atoms with Gasteiger partial charge in [-0.1, -0.05) is 13.8 Å². The van der Waals surface area contributed by atoms with Crippen molar-refractivity contribution >= 4 is 29.7 Å². The van der Waals surface area contributed by atoms with Gasteiger partial charge in [0, 0.05) is 13.0 Å². The molecule has 0 aliphatic carbocycles. The van der Waals surface area contributed by atoms with Gasteiger partial charge in [-0.05, 0) is 32.1 Å². The molecular formula is C19H32N4O8. The lowest BCUT2D eigenvalue weighted by Crippen LogP contribution is -2.59. The quantitative estimate of drug-likeness (QED) is 0.214. The summed E-state index contributed by atoms with van der Waals surface area (Å²) >= 11 is 0. The number of rotatable bonds is 11. The molecule has 1 heterocycles. The van der Waals surface area contributed by atoms with Gasteiger partial charge in [-0.15, -0.1) is 0 Å². The predicted molar refractivity (Wildman–Crippen MR) is 108 cm³/mol. The Labute approximate surface area is 180 Å². The van der Waals surface area contributed by atoms with Gasteiger partial charge in [0.15, 0.2) is 0 Å². The van der Waals surface area contributed by atoms with Crippen molar-refractivity contribution in [1.29, 1.82) is 0 Å². The molecule has 0 spiro atoms. The van der Waals surface area contributed by atoms with E-state index in [2.05, 4.69) is 10.6 Å². The van der Waals surface area contributed by atoms with Gasteiger partial charge < -0.3 is 36.6 Å². The molecule has 1 fully saturated rings. The van der Waals surface area contributed by atoms with Gasteiger partial charge in [-0.25, -0.2) is 4.79 Å². The lowest BCUT2D eigenvalue weighted by atomic mass is 10.0. The molecule has 1 saturated heterocycles. The summed E-state index contributed by atoms with van der Waals surface area (Å²) in [5.41, 5.74) is 5.59. The highest BCUT2D eigenvalue weighted by Crippen LogP contribution is 2.20. The number of carboxylic acid groups (broad SMARTS) is 2. The smallest absolute Gasteiger partial charge is 0.326 e. The predicted octanol–water partition coefficient (Wildman–Crippen LogP) is -1.74. The van der Waals surface area contributed by atoms with E-state index < -0.39 is 72.3 Å². The van der Waals surface area contributed by atoms with Gasteiger partial charge in [0.25, 0.3) is 0 Å². The van der Waals surface area contributed by atoms with E-state index >= 15 is 0 Å². The van der Waals surface area contributed by atoms with Crippen LogP contribution < -0.4 is 16.4 Å². The maximum atomic E-state index is 12.9. The van der Waals surface area contributed by atoms with E-state index in [1.807, 2.05) is 0 Å². The highest BCUT2D eigenvalue weighted by molar-refractivity contribution is 5.94. The number of aliphatic carboxylic acids is 2. The van der Waals surface area contributed by atoms with E-state index in [4.69, 9.17) is 10.8 Å². The fourth-order valence-electron chi connectivity index (χ4n) is 3.28. The minimum atomic E-state index is -1.27. The molecule has 176 valence electrons. The Morgan fingerprint density at radius 3 is 2.16 bits per heavy atom. The van der Waals surface area contributed by atoms with Crippen molar-refractivity contribution in [3.63, 3.8) is 0 Å². The second-order valence-electron chi connectivity index (χ2n) is 8.02. The maximum Gasteiger partial charge on any atom is 0.326 e. The van der Waals surface area contributed by atoms with E-state index in [1.54, 1.807) is 13.8 Å². The van der Waals surface area contributed by atoms with E-state index in [1.165, 1.54) is 6.92 Å². The third-order valence-electron chi connectivity index (χ3n) is 5.15. The van der Waals surface area contributed by atoms with Crippen LogP contribution in [0, 0.1) is 5.92 Å². The zero-order valence-electron chi connectivity index (χ0n) is 17.9. The Hall–Kier alpha value is -2.73. The molecule has 1 aliphatic rings. The summed E-state index contributed by atoms with van der Waals surface area (Å²) in [6.45, 7) is 4.80. The molecule has 0 saturated carbocycles. The van der Waals surface area contributed by atoms with Gasteiger partial charge in [0.05, 0.1) is 6.10 Å². The number of carboxylic acids is 2. The number of aliphatic hydroxyl groups is 1. The number of nitrogens with zero attached hydrogens (tertiary/aromatic N) is 1. The summed E-state index contributed by atoms with van der Waals surface area (Å²) in [5, 5.41) is 32.7. The van der Waals surface area contributed by atoms with Gasteiger partial charge in [-0.3, -0.25) is 19.2 Å². The number of carbonyl (C=O) groups excluding carboxylic acids is 3. The summed E-state index contributed by atoms with van der Waals surface area (Å²) < 4.78 is 0. The summed E-state index contributed by atoms with van der Waals surface area (Å²) in [6, 6.07) is -4.68. The van der Waals surface area contributed by atoms with Crippen LogP contribution in [0.15, 0.2) is 0 Å². The first-order chi connectivity index (χ1) is 14.4. The Morgan fingerprint density at radius 1 is 1.06 bits per heavy atom. The number of carbonyl (C=O) groups is 5. The number of aliphatic hydroxyl groups excluding tert-OH is 1. The lowest BCUT2D eigenvalue weighted by Gasteiger charge is -2.30. The van der Waals surface area contributed by atoms with Gasteiger partial charge >= 0.3 is 11.9 Å². The van der Waals surface area contributed by atoms with Crippen LogP contribution in [0.5, 0.6) is 0 Å². The number of amides is 3. The highest BCUT2D eigenvalue weighted by atomic mass is 16.4. The summed E-state index contributed by atoms with van der Waals surface area (Å²) in [4.78, 5) is 61.5. The monoisotopic (exact) mass is 444 g/mol. The molecule has 0 bridgehead atoms. The number of hydrogen-bond donors (Lipinski definition) is 6. The van der Waals surface area contributed by atoms with Crippen molar-refractivity contribution in [3.8, 4) is 0 Å². The van der Waals surface area contributed by atoms with Crippen LogP contribution in [0.2, 0.25) is 0 Å². The molecule has 7 N–H and O–H groups in total. The number of likely N-dealkylation sites (tertiary alicyclic amines) is 1. The van der Waals surface area contributed by atoms with E-state index in [0.717, 1.165) is 4.90 Å². The minimum absolute atomic E-state index is 0.183. The summed E-state index contributed by atoms with van der Waals surface area (Å²) in [5.74, 6) is -4.96. The van der Waals surface area contributed by atoms with Gasteiger partial charge in [0.1, 0.15) is 24.2 Å². The fraction of sp³-hybridized carbons (Fsp3) is 0.737. The average molecular weight is 444 g/mol. The van der Waals surface area contributed by atoms with Crippen LogP contribution in [-0.4, -0.2) is 86.7 Å². The first-order valence-corrected chi connectivity index (χ1v) is 10.2. The Kier molecular flexibility index (Phi) is 9.85. The fourth-order valence-corrected chi connectivity index (χ4v) is 3.28. The molecule has 5 atom stereocenters. The van der Waals surface area contributed by atoms with Crippen molar-refractivity contribution < 1.29 is 39.3 Å². The molecule has 0 radical (unpaired) electrons. The molecule has 5 unspecified atom stereocenters. The van der Waals surface area contributed by atoms with Crippen LogP contribution in [0.25, 0.3) is 0 Å². The van der Waals surface area contributed by atoms with Crippen LogP contribution in [-0.2, 0) is 24.0 Å². The molecule has 0 aromatic carbocycles. The number of hydrogen-bond acceptors (Lipinski definition) is 7. The molecule has 12 heteroatoms. The number of nitrogens with two attached hydrogens (primary N) is 1. The SMILES string of the molecule is CC(C)C(NC(=O)C(N)C(C)O)C(=O)NC(CCC(=O)O)C(=O)N1CCCC1C(=O)O. The van der Waals surface area contributed by atoms with Crippen molar-refractivity contribution in [2.45, 2.75) is 76.7 Å². The van der Waals surface area contributed by atoms with Crippen molar-refractivity contribution in [1.82, 2.24) is 15.5 Å². The topological polar surface area (TPSA) is 199 Å². The van der Waals surface area contributed by atoms with Crippen molar-refractivity contribution in [3.05, 3.63) is 0 Å². The van der Waals surface area contributed by atoms with Crippen LogP contribution in [0.1, 0.15) is 46.5 Å². The molecular weight excluding hydrogens is 412 g/mol. The summed E-state index contributed by atoms with van der Waals surface area (Å²) in [7, 11) is 0. The molecule has 0 aromatic heterocycles. The maximum absolute atomic E-state index is 12.9. The Balaban J connectivity index is 3.01. The van der Waals surface area contributed by atoms with Gasteiger partial charge in [-0.2, -0.15) is 0 Å². The van der Waals surface area contributed by atoms with Gasteiger partial charge in [0.2, 0.25) is 17.7 Å². The molecule has 31 heavy (non-hydrogen) atoms. The second kappa shape index (κ2) is 11.6. The lowest BCUT2D eigenvalue weighted by molar-refractivity contribution is -0.150. The number of nitrogens with one attached hydrogen (secondary N) is 2. The average Bonchev–Trinajstić information content (AvgIpc) is 3.17. The zero-order valence-corrected chi connectivity index (χ0v) is 17.9. The highest BCUT2D eigenvalue weighted by Gasteiger charge is 2.39. The van der Waals surface area contributed by atoms with Crippen molar-refractivity contribution in [2.75, 3.05) is 6.54 Å². The Morgan fingerprint density at radius 2 is 1.68 bits per heavy atom. The third-order valence-corrected chi connectivity index (χ3v) is 5.15. The third kappa shape index (κ3) is 7.47. The second-order valence-corrected chi connectivity index (χ2v) is 8.02. The molecule has 1 aliphatic heterocycles. The standard InChI is InChI=1S/C19H32N4O8/c1-9(2)15(22-16(27)14(20)10(3)24)17(28)21-11(6-7-13(25)26)18(29)23-8-4-5-12(23)19(30)31/h9-12,14-15,24H,4-8,20H2,1-3H3,(H,21,28)(H,22,27)(H,25,26)(H,30,31). The molecule has 3 amide bonds. The van der Waals surface area contributed by atoms with Crippen molar-refractivity contribution in [2.24, 2.45) is 11.7 Å². The normalized spacial score (nSPS) is 19.9. The van der Waals surface area contributed by atoms with E-state index in [-0.39, 0.29) is 19.4 Å². The van der Waals surface area contributed by atoms with Crippen LogP contribution in [0.3, 0.4) is 0 Å². The van der Waals surface area contributed by atoms with Crippen LogP contribution >= 0.6 is 0 Å².